The summed E-state index contributed by atoms with van der Waals surface area (Å²) in [4.78, 5) is 12.1. The molecule has 1 N–H and O–H groups in total. The number of aromatic nitrogens is 2. The van der Waals surface area contributed by atoms with Crippen LogP contribution in [0.5, 0.6) is 0 Å². The molecule has 124 valence electrons. The van der Waals surface area contributed by atoms with E-state index in [1.165, 1.54) is 56.5 Å². The molecule has 0 bridgehead atoms. The molecule has 2 saturated carbocycles. The van der Waals surface area contributed by atoms with Gasteiger partial charge in [-0.3, -0.25) is 0 Å². The van der Waals surface area contributed by atoms with Crippen LogP contribution >= 0.6 is 0 Å². The van der Waals surface area contributed by atoms with Gasteiger partial charge >= 0.3 is 0 Å². The van der Waals surface area contributed by atoms with Gasteiger partial charge in [-0.15, -0.1) is 0 Å². The lowest BCUT2D eigenvalue weighted by molar-refractivity contribution is 0.0504. The molecule has 1 aromatic heterocycles. The van der Waals surface area contributed by atoms with Crippen LogP contribution in [0.25, 0.3) is 0 Å². The second kappa shape index (κ2) is 5.42. The van der Waals surface area contributed by atoms with Gasteiger partial charge in [0.2, 0.25) is 5.95 Å². The minimum Gasteiger partial charge on any atom is -0.376 e. The van der Waals surface area contributed by atoms with Crippen molar-refractivity contribution in [3.63, 3.8) is 0 Å². The molecule has 5 nitrogen and oxygen atoms in total. The van der Waals surface area contributed by atoms with E-state index in [2.05, 4.69) is 15.2 Å². The van der Waals surface area contributed by atoms with Crippen LogP contribution in [0.3, 0.4) is 0 Å². The molecule has 1 saturated heterocycles. The smallest absolute Gasteiger partial charge is 0.222 e. The third-order valence-corrected chi connectivity index (χ3v) is 5.89. The number of rotatable bonds is 5. The maximum absolute atomic E-state index is 5.92. The second-order valence-electron chi connectivity index (χ2n) is 8.09. The van der Waals surface area contributed by atoms with Gasteiger partial charge in [0.25, 0.3) is 0 Å². The standard InChI is InChI=1S/C18H26N4O/c1-2-13(1)7-19-17-20-8-15-10-23-12-18(16(15)21-17)5-6-22(11-18)9-14-3-4-14/h8,13-14H,1-7,9-12H2,(H,19,20,21). The molecule has 23 heavy (non-hydrogen) atoms. The highest BCUT2D eigenvalue weighted by molar-refractivity contribution is 5.36. The normalized spacial score (nSPS) is 30.6. The van der Waals surface area contributed by atoms with Gasteiger partial charge in [-0.05, 0) is 50.5 Å². The summed E-state index contributed by atoms with van der Waals surface area (Å²) in [6.45, 7) is 6.08. The van der Waals surface area contributed by atoms with Crippen LogP contribution in [-0.2, 0) is 16.8 Å². The Balaban J connectivity index is 1.37. The average Bonchev–Trinajstić information content (AvgIpc) is 3.48. The van der Waals surface area contributed by atoms with Crippen molar-refractivity contribution >= 4 is 5.95 Å². The summed E-state index contributed by atoms with van der Waals surface area (Å²) in [7, 11) is 0. The topological polar surface area (TPSA) is 50.3 Å². The van der Waals surface area contributed by atoms with Gasteiger partial charge in [-0.1, -0.05) is 0 Å². The van der Waals surface area contributed by atoms with E-state index >= 15 is 0 Å². The van der Waals surface area contributed by atoms with E-state index in [-0.39, 0.29) is 5.41 Å². The van der Waals surface area contributed by atoms with Gasteiger partial charge in [0.15, 0.2) is 0 Å². The summed E-state index contributed by atoms with van der Waals surface area (Å²) in [5, 5.41) is 3.44. The van der Waals surface area contributed by atoms with Crippen LogP contribution in [0.15, 0.2) is 6.20 Å². The average molecular weight is 314 g/mol. The number of fused-ring (bicyclic) bond motifs is 2. The Morgan fingerprint density at radius 1 is 1.26 bits per heavy atom. The molecule has 5 heteroatoms. The Morgan fingerprint density at radius 3 is 2.96 bits per heavy atom. The zero-order valence-electron chi connectivity index (χ0n) is 13.8. The Hall–Kier alpha value is -1.20. The molecule has 0 radical (unpaired) electrons. The van der Waals surface area contributed by atoms with E-state index in [1.807, 2.05) is 6.20 Å². The number of nitrogens with zero attached hydrogens (tertiary/aromatic N) is 3. The molecule has 1 aromatic rings. The first-order valence-electron chi connectivity index (χ1n) is 9.21. The summed E-state index contributed by atoms with van der Waals surface area (Å²) in [5.41, 5.74) is 2.55. The van der Waals surface area contributed by atoms with Gasteiger partial charge in [0, 0.05) is 31.4 Å². The Bertz CT molecular complexity index is 599. The Labute approximate surface area is 137 Å². The van der Waals surface area contributed by atoms with Crippen molar-refractivity contribution in [2.24, 2.45) is 11.8 Å². The second-order valence-corrected chi connectivity index (χ2v) is 8.09. The summed E-state index contributed by atoms with van der Waals surface area (Å²) in [5.74, 6) is 2.61. The van der Waals surface area contributed by atoms with Crippen molar-refractivity contribution in [2.75, 3.05) is 38.1 Å². The van der Waals surface area contributed by atoms with E-state index in [9.17, 15) is 0 Å². The van der Waals surface area contributed by atoms with Crippen molar-refractivity contribution in [3.05, 3.63) is 17.5 Å². The number of likely N-dealkylation sites (tertiary alicyclic amines) is 1. The summed E-state index contributed by atoms with van der Waals surface area (Å²) in [6.07, 6.45) is 8.72. The van der Waals surface area contributed by atoms with Crippen LogP contribution in [0.4, 0.5) is 5.95 Å². The first kappa shape index (κ1) is 14.2. The number of anilines is 1. The highest BCUT2D eigenvalue weighted by Crippen LogP contribution is 2.41. The minimum absolute atomic E-state index is 0.0986. The first-order valence-corrected chi connectivity index (χ1v) is 9.21. The first-order chi connectivity index (χ1) is 11.3. The zero-order chi connectivity index (χ0) is 15.3. The third kappa shape index (κ3) is 2.85. The van der Waals surface area contributed by atoms with Crippen molar-refractivity contribution in [2.45, 2.75) is 44.1 Å². The summed E-state index contributed by atoms with van der Waals surface area (Å²) in [6, 6.07) is 0. The zero-order valence-corrected chi connectivity index (χ0v) is 13.8. The van der Waals surface area contributed by atoms with Gasteiger partial charge in [0.05, 0.1) is 24.3 Å². The summed E-state index contributed by atoms with van der Waals surface area (Å²) >= 11 is 0. The SMILES string of the molecule is c1nc(NCC2CC2)nc2c1COCC21CCN(CC2CC2)C1. The number of hydrogen-bond acceptors (Lipinski definition) is 5. The van der Waals surface area contributed by atoms with Crippen LogP contribution in [0.1, 0.15) is 43.4 Å². The molecule has 5 rings (SSSR count). The van der Waals surface area contributed by atoms with E-state index in [1.54, 1.807) is 0 Å². The lowest BCUT2D eigenvalue weighted by atomic mass is 9.80. The van der Waals surface area contributed by atoms with E-state index in [0.717, 1.165) is 37.5 Å². The largest absolute Gasteiger partial charge is 0.376 e. The van der Waals surface area contributed by atoms with Crippen LogP contribution in [-0.4, -0.2) is 47.7 Å². The molecular formula is C18H26N4O. The monoisotopic (exact) mass is 314 g/mol. The quantitative estimate of drug-likeness (QED) is 0.903. The van der Waals surface area contributed by atoms with Gasteiger partial charge in [-0.2, -0.15) is 0 Å². The van der Waals surface area contributed by atoms with Crippen LogP contribution in [0, 0.1) is 11.8 Å². The minimum atomic E-state index is 0.0986. The molecule has 0 aromatic carbocycles. The van der Waals surface area contributed by atoms with Gasteiger partial charge < -0.3 is 15.0 Å². The maximum atomic E-state index is 5.92. The molecule has 2 aliphatic carbocycles. The molecule has 3 heterocycles. The van der Waals surface area contributed by atoms with Crippen molar-refractivity contribution in [1.29, 1.82) is 0 Å². The highest BCUT2D eigenvalue weighted by Gasteiger charge is 2.45. The predicted octanol–water partition coefficient (Wildman–Crippen LogP) is 2.18. The fraction of sp³-hybridized carbons (Fsp3) is 0.778. The predicted molar refractivity (Wildman–Crippen MR) is 88.4 cm³/mol. The fourth-order valence-corrected chi connectivity index (χ4v) is 4.13. The lowest BCUT2D eigenvalue weighted by Gasteiger charge is -2.34. The van der Waals surface area contributed by atoms with E-state index in [4.69, 9.17) is 9.72 Å². The Morgan fingerprint density at radius 2 is 2.13 bits per heavy atom. The van der Waals surface area contributed by atoms with Crippen LogP contribution in [0.2, 0.25) is 0 Å². The van der Waals surface area contributed by atoms with Crippen molar-refractivity contribution in [3.8, 4) is 0 Å². The number of ether oxygens (including phenoxy) is 1. The van der Waals surface area contributed by atoms with Gasteiger partial charge in [-0.25, -0.2) is 9.97 Å². The maximum Gasteiger partial charge on any atom is 0.222 e. The molecular weight excluding hydrogens is 288 g/mol. The summed E-state index contributed by atoms with van der Waals surface area (Å²) < 4.78 is 5.92. The Kier molecular flexibility index (Phi) is 3.34. The molecule has 1 atom stereocenters. The van der Waals surface area contributed by atoms with Crippen LogP contribution < -0.4 is 5.32 Å². The third-order valence-electron chi connectivity index (χ3n) is 5.89. The van der Waals surface area contributed by atoms with Gasteiger partial charge in [0.1, 0.15) is 0 Å². The molecule has 0 amide bonds. The fourth-order valence-electron chi connectivity index (χ4n) is 4.13. The molecule has 3 fully saturated rings. The van der Waals surface area contributed by atoms with E-state index < -0.39 is 0 Å². The van der Waals surface area contributed by atoms with E-state index in [0.29, 0.717) is 6.61 Å². The molecule has 4 aliphatic rings. The van der Waals surface area contributed by atoms with Crippen molar-refractivity contribution in [1.82, 2.24) is 14.9 Å². The highest BCUT2D eigenvalue weighted by atomic mass is 16.5. The molecule has 1 spiro atoms. The van der Waals surface area contributed by atoms with Crippen molar-refractivity contribution < 1.29 is 4.74 Å². The number of nitrogens with one attached hydrogen (secondary N) is 1. The molecule has 1 unspecified atom stereocenters. The molecule has 2 aliphatic heterocycles. The lowest BCUT2D eigenvalue weighted by Crippen LogP contribution is -2.41. The number of hydrogen-bond donors (Lipinski definition) is 1.